The molecule has 31 heteroatoms. The van der Waals surface area contributed by atoms with Crippen molar-refractivity contribution in [2.45, 2.75) is 102 Å². The van der Waals surface area contributed by atoms with Crippen molar-refractivity contribution in [1.29, 1.82) is 0 Å². The van der Waals surface area contributed by atoms with Crippen LogP contribution >= 0.6 is 0 Å². The average Bonchev–Trinajstić information content (AvgIpc) is 3.00. The minimum atomic E-state index is -9.62. The van der Waals surface area contributed by atoms with E-state index in [0.29, 0.717) is 0 Å². The first-order chi connectivity index (χ1) is 23.8. The molecule has 0 aromatic rings. The van der Waals surface area contributed by atoms with Crippen molar-refractivity contribution in [2.24, 2.45) is 0 Å². The van der Waals surface area contributed by atoms with Crippen LogP contribution in [0, 0.1) is 0 Å². The number of carbonyl (C=O) groups excluding carboxylic acids is 1. The van der Waals surface area contributed by atoms with Crippen molar-refractivity contribution >= 4 is 5.91 Å². The van der Waals surface area contributed by atoms with Crippen LogP contribution in [-0.2, 0) is 9.53 Å². The number of aliphatic hydroxyl groups excluding tert-OH is 4. The van der Waals surface area contributed by atoms with Gasteiger partial charge < -0.3 is 34.5 Å². The summed E-state index contributed by atoms with van der Waals surface area (Å²) in [6.07, 6.45) is -22.7. The fraction of sp³-hybridized carbons (Fsp3) is 0.958. The van der Waals surface area contributed by atoms with Crippen molar-refractivity contribution in [3.05, 3.63) is 0 Å². The lowest BCUT2D eigenvalue weighted by molar-refractivity contribution is -0.870. The van der Waals surface area contributed by atoms with Crippen LogP contribution < -0.4 is 0 Å². The zero-order valence-electron chi connectivity index (χ0n) is 26.9. The van der Waals surface area contributed by atoms with Gasteiger partial charge >= 0.3 is 71.3 Å². The van der Waals surface area contributed by atoms with Gasteiger partial charge in [-0.2, -0.15) is 101 Å². The van der Waals surface area contributed by atoms with E-state index >= 15 is 8.78 Å². The Morgan fingerprint density at radius 1 is 0.545 bits per heavy atom. The second-order valence-electron chi connectivity index (χ2n) is 12.8. The third kappa shape index (κ3) is 7.45. The highest BCUT2D eigenvalue weighted by Gasteiger charge is 2.99. The molecule has 4 N–H and O–H groups in total. The lowest BCUT2D eigenvalue weighted by atomic mass is 9.85. The molecule has 1 saturated heterocycles. The zero-order chi connectivity index (χ0) is 44.6. The fourth-order valence-electron chi connectivity index (χ4n) is 4.47. The summed E-state index contributed by atoms with van der Waals surface area (Å²) in [6.45, 7) is -3.56. The molecule has 8 nitrogen and oxygen atoms in total. The van der Waals surface area contributed by atoms with E-state index in [0.717, 1.165) is 0 Å². The van der Waals surface area contributed by atoms with Gasteiger partial charge in [-0.05, 0) is 0 Å². The van der Waals surface area contributed by atoms with Gasteiger partial charge in [0.15, 0.2) is 6.23 Å². The van der Waals surface area contributed by atoms with Crippen LogP contribution in [0.5, 0.6) is 0 Å². The van der Waals surface area contributed by atoms with Gasteiger partial charge in [0.2, 0.25) is 0 Å². The van der Waals surface area contributed by atoms with Gasteiger partial charge in [-0.1, -0.05) is 0 Å². The van der Waals surface area contributed by atoms with E-state index in [1.54, 1.807) is 0 Å². The van der Waals surface area contributed by atoms with Gasteiger partial charge in [-0.3, -0.25) is 4.79 Å². The van der Waals surface area contributed by atoms with Crippen LogP contribution in [0.25, 0.3) is 0 Å². The lowest BCUT2D eigenvalue weighted by Crippen LogP contribution is -2.78. The number of ether oxygens (including phenoxy) is 1. The van der Waals surface area contributed by atoms with E-state index in [1.165, 1.54) is 21.1 Å². The molecule has 1 heterocycles. The van der Waals surface area contributed by atoms with Gasteiger partial charge in [-0.15, -0.1) is 0 Å². The van der Waals surface area contributed by atoms with Crippen molar-refractivity contribution in [3.63, 3.8) is 0 Å². The Morgan fingerprint density at radius 3 is 1.18 bits per heavy atom. The number of quaternary nitrogens is 1. The summed E-state index contributed by atoms with van der Waals surface area (Å²) in [5.74, 6) is -95.2. The molecular formula is C24H26F23N2O6+. The minimum absolute atomic E-state index is 0.277. The zero-order valence-corrected chi connectivity index (χ0v) is 26.9. The van der Waals surface area contributed by atoms with Crippen LogP contribution in [0.4, 0.5) is 101 Å². The summed E-state index contributed by atoms with van der Waals surface area (Å²) >= 11 is 0. The summed E-state index contributed by atoms with van der Waals surface area (Å²) in [5.41, 5.74) is 0. The lowest BCUT2D eigenvalue weighted by Gasteiger charge is -2.47. The third-order valence-electron chi connectivity index (χ3n) is 7.84. The van der Waals surface area contributed by atoms with Gasteiger partial charge in [0, 0.05) is 13.0 Å². The fourth-order valence-corrected chi connectivity index (χ4v) is 4.47. The van der Waals surface area contributed by atoms with Crippen LogP contribution in [0.2, 0.25) is 0 Å². The molecule has 0 bridgehead atoms. The Morgan fingerprint density at radius 2 is 0.873 bits per heavy atom. The molecule has 5 atom stereocenters. The van der Waals surface area contributed by atoms with Crippen LogP contribution in [-0.4, -0.2) is 173 Å². The normalized spacial score (nSPS) is 23.9. The molecule has 1 aliphatic rings. The number of alkyl halides is 23. The molecule has 1 fully saturated rings. The Labute approximate surface area is 290 Å². The Balaban J connectivity index is 3.94. The molecule has 0 aromatic heterocycles. The van der Waals surface area contributed by atoms with Crippen molar-refractivity contribution in [3.8, 4) is 0 Å². The van der Waals surface area contributed by atoms with E-state index in [-0.39, 0.29) is 4.48 Å². The highest BCUT2D eigenvalue weighted by atomic mass is 19.4. The number of halogens is 23. The largest absolute Gasteiger partial charge is 0.460 e. The number of rotatable bonds is 16. The van der Waals surface area contributed by atoms with Gasteiger partial charge in [0.25, 0.3) is 0 Å². The van der Waals surface area contributed by atoms with E-state index in [9.17, 15) is 117 Å². The Bertz CT molecular complexity index is 1370. The van der Waals surface area contributed by atoms with E-state index in [4.69, 9.17) is 0 Å². The molecule has 55 heavy (non-hydrogen) atoms. The van der Waals surface area contributed by atoms with Crippen molar-refractivity contribution in [1.82, 2.24) is 4.90 Å². The molecule has 328 valence electrons. The summed E-state index contributed by atoms with van der Waals surface area (Å²) in [5, 5.41) is 39.1. The minimum Gasteiger partial charge on any atom is -0.394 e. The second-order valence-corrected chi connectivity index (χ2v) is 12.8. The molecular weight excluding hydrogens is 849 g/mol. The van der Waals surface area contributed by atoms with E-state index in [1.807, 2.05) is 0 Å². The monoisotopic (exact) mass is 875 g/mol. The SMILES string of the molecule is C[N+](C)(C)CCCN(C(=O)C(F)(F)C(F)(F)C(F)(F)C(F)(F)C(F)(F)C(F)(F)C(F)(F)C(F)(F)C(F)(F)C(F)(F)C(F)(F)F)[C@@H]1O[C@H](CO)[C@@H](O)[C@H](O)[C@H]1O. The maximum Gasteiger partial charge on any atom is 0.460 e. The van der Waals surface area contributed by atoms with Gasteiger partial charge in [0.05, 0.1) is 34.3 Å². The molecule has 0 unspecified atom stereocenters. The average molecular weight is 875 g/mol. The smallest absolute Gasteiger partial charge is 0.394 e. The predicted molar refractivity (Wildman–Crippen MR) is 129 cm³/mol. The van der Waals surface area contributed by atoms with Crippen LogP contribution in [0.1, 0.15) is 6.42 Å². The highest BCUT2D eigenvalue weighted by Crippen LogP contribution is 2.67. The topological polar surface area (TPSA) is 110 Å². The molecule has 0 radical (unpaired) electrons. The van der Waals surface area contributed by atoms with Crippen molar-refractivity contribution < 1.29 is 135 Å². The van der Waals surface area contributed by atoms with Gasteiger partial charge in [-0.25, -0.2) is 0 Å². The molecule has 0 aliphatic carbocycles. The number of hydrogen-bond donors (Lipinski definition) is 4. The number of carbonyl (C=O) groups is 1. The highest BCUT2D eigenvalue weighted by molar-refractivity contribution is 5.85. The molecule has 0 saturated carbocycles. The second kappa shape index (κ2) is 14.5. The number of amides is 1. The number of nitrogens with zero attached hydrogens (tertiary/aromatic N) is 2. The van der Waals surface area contributed by atoms with E-state index < -0.39 is 133 Å². The Kier molecular flexibility index (Phi) is 13.3. The molecule has 1 aliphatic heterocycles. The van der Waals surface area contributed by atoms with Gasteiger partial charge in [0.1, 0.15) is 24.4 Å². The molecule has 0 aromatic carbocycles. The first-order valence-electron chi connectivity index (χ1n) is 14.1. The predicted octanol–water partition coefficient (Wildman–Crippen LogP) is 4.63. The van der Waals surface area contributed by atoms with Crippen LogP contribution in [0.3, 0.4) is 0 Å². The standard InChI is InChI=1S/C24H26F23N2O6/c1-49(2,3)6-4-5-48(12-11(53)10(52)9(51)8(7-50)55-12)13(54)14(25,26)15(27,28)16(29,30)17(31,32)18(33,34)19(35,36)20(37,38)21(39,40)22(41,42)23(43,44)24(45,46)47/h8-12,50-53H,4-7H2,1-3H3/q+1/t8-,9-,10+,11-,12-/m1/s1. The van der Waals surface area contributed by atoms with Crippen LogP contribution in [0.15, 0.2) is 0 Å². The number of aliphatic hydroxyl groups is 4. The third-order valence-corrected chi connectivity index (χ3v) is 7.84. The first-order valence-corrected chi connectivity index (χ1v) is 14.1. The maximum atomic E-state index is 15.0. The number of hydrogen-bond acceptors (Lipinski definition) is 6. The molecule has 1 rings (SSSR count). The summed E-state index contributed by atoms with van der Waals surface area (Å²) < 4.78 is 323. The summed E-state index contributed by atoms with van der Waals surface area (Å²) in [4.78, 5) is 11.7. The maximum absolute atomic E-state index is 15.0. The Hall–Kier alpha value is -2.38. The summed E-state index contributed by atoms with van der Waals surface area (Å²) in [6, 6.07) is 0. The molecule has 1 amide bonds. The summed E-state index contributed by atoms with van der Waals surface area (Å²) in [7, 11) is 3.84. The first kappa shape index (κ1) is 50.6. The van der Waals surface area contributed by atoms with E-state index in [2.05, 4.69) is 4.74 Å². The molecule has 0 spiro atoms. The van der Waals surface area contributed by atoms with Crippen molar-refractivity contribution in [2.75, 3.05) is 40.8 Å². The quantitative estimate of drug-likeness (QED) is 0.133.